The summed E-state index contributed by atoms with van der Waals surface area (Å²) >= 11 is 12.1. The SMILES string of the molecule is NC(=O)CC[C@H](NCc1ccc(Cl)cc1Cl)C(=O)OC(=O)c1ccc(-c2ccccc2)cc1. The van der Waals surface area contributed by atoms with Gasteiger partial charge in [0, 0.05) is 23.0 Å². The van der Waals surface area contributed by atoms with Crippen LogP contribution in [0.5, 0.6) is 0 Å². The Bertz CT molecular complexity index is 1130. The zero-order chi connectivity index (χ0) is 23.8. The van der Waals surface area contributed by atoms with Gasteiger partial charge < -0.3 is 15.8 Å². The zero-order valence-electron chi connectivity index (χ0n) is 17.6. The van der Waals surface area contributed by atoms with E-state index in [4.69, 9.17) is 33.7 Å². The zero-order valence-corrected chi connectivity index (χ0v) is 19.1. The molecule has 170 valence electrons. The summed E-state index contributed by atoms with van der Waals surface area (Å²) in [5, 5.41) is 3.88. The van der Waals surface area contributed by atoms with E-state index in [-0.39, 0.29) is 24.9 Å². The molecule has 0 fully saturated rings. The molecular formula is C25H22Cl2N2O4. The Hall–Kier alpha value is -3.19. The molecule has 0 unspecified atom stereocenters. The predicted octanol–water partition coefficient (Wildman–Crippen LogP) is 4.77. The van der Waals surface area contributed by atoms with Crippen molar-refractivity contribution in [1.29, 1.82) is 0 Å². The number of halogens is 2. The van der Waals surface area contributed by atoms with Gasteiger partial charge >= 0.3 is 11.9 Å². The lowest BCUT2D eigenvalue weighted by Gasteiger charge is -2.17. The largest absolute Gasteiger partial charge is 0.388 e. The third kappa shape index (κ3) is 7.15. The number of carbonyl (C=O) groups excluding carboxylic acids is 3. The molecule has 6 nitrogen and oxygen atoms in total. The maximum absolute atomic E-state index is 12.7. The van der Waals surface area contributed by atoms with E-state index in [1.165, 1.54) is 0 Å². The fraction of sp³-hybridized carbons (Fsp3) is 0.160. The van der Waals surface area contributed by atoms with Gasteiger partial charge in [-0.3, -0.25) is 4.79 Å². The summed E-state index contributed by atoms with van der Waals surface area (Å²) in [6.07, 6.45) is 0.0146. The number of benzene rings is 3. The molecule has 0 aliphatic rings. The number of hydrogen-bond donors (Lipinski definition) is 2. The quantitative estimate of drug-likeness (QED) is 0.336. The van der Waals surface area contributed by atoms with Crippen molar-refractivity contribution in [1.82, 2.24) is 5.32 Å². The smallest absolute Gasteiger partial charge is 0.345 e. The predicted molar refractivity (Wildman–Crippen MR) is 128 cm³/mol. The topological polar surface area (TPSA) is 98.5 Å². The maximum atomic E-state index is 12.7. The van der Waals surface area contributed by atoms with Crippen LogP contribution in [0.1, 0.15) is 28.8 Å². The molecule has 0 bridgehead atoms. The Morgan fingerprint density at radius 3 is 2.21 bits per heavy atom. The summed E-state index contributed by atoms with van der Waals surface area (Å²) in [6, 6.07) is 20.5. The highest BCUT2D eigenvalue weighted by Crippen LogP contribution is 2.22. The van der Waals surface area contributed by atoms with Crippen LogP contribution in [0.15, 0.2) is 72.8 Å². The van der Waals surface area contributed by atoms with Gasteiger partial charge in [-0.05, 0) is 47.4 Å². The van der Waals surface area contributed by atoms with Crippen LogP contribution in [0.4, 0.5) is 0 Å². The van der Waals surface area contributed by atoms with Crippen molar-refractivity contribution < 1.29 is 19.1 Å². The van der Waals surface area contributed by atoms with Crippen LogP contribution in [-0.2, 0) is 20.9 Å². The molecule has 0 heterocycles. The first-order valence-electron chi connectivity index (χ1n) is 10.2. The Labute approximate surface area is 201 Å². The fourth-order valence-corrected chi connectivity index (χ4v) is 3.61. The van der Waals surface area contributed by atoms with E-state index in [2.05, 4.69) is 5.32 Å². The second kappa shape index (κ2) is 11.6. The molecule has 0 aliphatic carbocycles. The summed E-state index contributed by atoms with van der Waals surface area (Å²) < 4.78 is 5.07. The van der Waals surface area contributed by atoms with Crippen molar-refractivity contribution in [3.8, 4) is 11.1 Å². The first kappa shape index (κ1) is 24.5. The van der Waals surface area contributed by atoms with Gasteiger partial charge in [0.1, 0.15) is 6.04 Å². The van der Waals surface area contributed by atoms with E-state index in [9.17, 15) is 14.4 Å². The highest BCUT2D eigenvalue weighted by Gasteiger charge is 2.24. The average Bonchev–Trinajstić information content (AvgIpc) is 2.80. The first-order chi connectivity index (χ1) is 15.8. The molecule has 33 heavy (non-hydrogen) atoms. The molecule has 0 spiro atoms. The minimum absolute atomic E-state index is 0.0545. The van der Waals surface area contributed by atoms with E-state index < -0.39 is 23.9 Å². The molecule has 8 heteroatoms. The lowest BCUT2D eigenvalue weighted by atomic mass is 10.0. The lowest BCUT2D eigenvalue weighted by molar-refractivity contribution is -0.140. The Morgan fingerprint density at radius 2 is 1.58 bits per heavy atom. The second-order valence-corrected chi connectivity index (χ2v) is 8.17. The molecule has 3 rings (SSSR count). The van der Waals surface area contributed by atoms with Crippen molar-refractivity contribution in [3.05, 3.63) is 94.0 Å². The van der Waals surface area contributed by atoms with E-state index in [0.717, 1.165) is 11.1 Å². The highest BCUT2D eigenvalue weighted by molar-refractivity contribution is 6.35. The first-order valence-corrected chi connectivity index (χ1v) is 11.0. The molecular weight excluding hydrogens is 463 g/mol. The Kier molecular flexibility index (Phi) is 8.60. The maximum Gasteiger partial charge on any atom is 0.345 e. The molecule has 0 aliphatic heterocycles. The Balaban J connectivity index is 1.66. The normalized spacial score (nSPS) is 11.6. The summed E-state index contributed by atoms with van der Waals surface area (Å²) in [4.78, 5) is 36.4. The van der Waals surface area contributed by atoms with E-state index in [1.54, 1.807) is 42.5 Å². The van der Waals surface area contributed by atoms with E-state index in [1.807, 2.05) is 30.3 Å². The van der Waals surface area contributed by atoms with Gasteiger partial charge in [-0.1, -0.05) is 71.7 Å². The monoisotopic (exact) mass is 484 g/mol. The van der Waals surface area contributed by atoms with Gasteiger partial charge in [0.2, 0.25) is 5.91 Å². The van der Waals surface area contributed by atoms with Crippen LogP contribution in [0.25, 0.3) is 11.1 Å². The number of nitrogens with two attached hydrogens (primary N) is 1. The molecule has 1 amide bonds. The van der Waals surface area contributed by atoms with Crippen LogP contribution in [-0.4, -0.2) is 23.9 Å². The Morgan fingerprint density at radius 1 is 0.909 bits per heavy atom. The number of nitrogens with one attached hydrogen (secondary N) is 1. The highest BCUT2D eigenvalue weighted by atomic mass is 35.5. The van der Waals surface area contributed by atoms with Crippen molar-refractivity contribution in [2.24, 2.45) is 5.73 Å². The molecule has 3 aromatic carbocycles. The molecule has 3 N–H and O–H groups in total. The third-order valence-corrected chi connectivity index (χ3v) is 5.53. The molecule has 0 saturated carbocycles. The van der Waals surface area contributed by atoms with Crippen molar-refractivity contribution in [3.63, 3.8) is 0 Å². The van der Waals surface area contributed by atoms with E-state index >= 15 is 0 Å². The molecule has 3 aromatic rings. The van der Waals surface area contributed by atoms with Crippen LogP contribution in [0, 0.1) is 0 Å². The van der Waals surface area contributed by atoms with Gasteiger partial charge in [0.15, 0.2) is 0 Å². The van der Waals surface area contributed by atoms with Crippen molar-refractivity contribution >= 4 is 41.0 Å². The minimum Gasteiger partial charge on any atom is -0.388 e. The van der Waals surface area contributed by atoms with Gasteiger partial charge in [-0.25, -0.2) is 9.59 Å². The average molecular weight is 485 g/mol. The van der Waals surface area contributed by atoms with Gasteiger partial charge in [0.25, 0.3) is 0 Å². The van der Waals surface area contributed by atoms with Gasteiger partial charge in [-0.2, -0.15) is 0 Å². The summed E-state index contributed by atoms with van der Waals surface area (Å²) in [6.45, 7) is 0.203. The van der Waals surface area contributed by atoms with E-state index in [0.29, 0.717) is 15.6 Å². The van der Waals surface area contributed by atoms with Gasteiger partial charge in [0.05, 0.1) is 5.56 Å². The van der Waals surface area contributed by atoms with Crippen LogP contribution in [0.2, 0.25) is 10.0 Å². The third-order valence-electron chi connectivity index (χ3n) is 4.94. The number of rotatable bonds is 9. The molecule has 0 aromatic heterocycles. The number of hydrogen-bond acceptors (Lipinski definition) is 5. The number of amides is 1. The number of ether oxygens (including phenoxy) is 1. The lowest BCUT2D eigenvalue weighted by Crippen LogP contribution is -2.39. The summed E-state index contributed by atoms with van der Waals surface area (Å²) in [5.41, 5.74) is 8.09. The van der Waals surface area contributed by atoms with Gasteiger partial charge in [-0.15, -0.1) is 0 Å². The standard InChI is InChI=1S/C25H22Cl2N2O4/c26-20-11-10-19(21(27)14-20)15-29-22(12-13-23(28)30)25(32)33-24(31)18-8-6-17(7-9-18)16-4-2-1-3-5-16/h1-11,14,22,29H,12-13,15H2,(H2,28,30)/t22-/m0/s1. The summed E-state index contributed by atoms with van der Waals surface area (Å²) in [5.74, 6) is -2.16. The van der Waals surface area contributed by atoms with Crippen molar-refractivity contribution in [2.75, 3.05) is 0 Å². The molecule has 0 saturated heterocycles. The summed E-state index contributed by atoms with van der Waals surface area (Å²) in [7, 11) is 0. The number of esters is 2. The van der Waals surface area contributed by atoms with Crippen molar-refractivity contribution in [2.45, 2.75) is 25.4 Å². The van der Waals surface area contributed by atoms with Crippen LogP contribution < -0.4 is 11.1 Å². The van der Waals surface area contributed by atoms with Crippen LogP contribution >= 0.6 is 23.2 Å². The minimum atomic E-state index is -0.934. The number of carbonyl (C=O) groups is 3. The van der Waals surface area contributed by atoms with Crippen LogP contribution in [0.3, 0.4) is 0 Å². The fourth-order valence-electron chi connectivity index (χ4n) is 3.14. The second-order valence-electron chi connectivity index (χ2n) is 7.33. The number of primary amides is 1. The molecule has 0 radical (unpaired) electrons. The molecule has 1 atom stereocenters.